The topological polar surface area (TPSA) is 69.9 Å². The first-order valence-corrected chi connectivity index (χ1v) is 5.17. The number of tetrazole rings is 1. The molecule has 0 atom stereocenters. The second kappa shape index (κ2) is 4.92. The molecule has 0 saturated heterocycles. The number of hydrogen-bond acceptors (Lipinski definition) is 5. The van der Waals surface area contributed by atoms with Gasteiger partial charge >= 0.3 is 0 Å². The first kappa shape index (κ1) is 11.5. The molecule has 6 nitrogen and oxygen atoms in total. The molecule has 0 amide bonds. The molecule has 0 bridgehead atoms. The average Bonchev–Trinajstić information content (AvgIpc) is 2.73. The lowest BCUT2D eigenvalue weighted by atomic mass is 10.2. The van der Waals surface area contributed by atoms with Crippen LogP contribution in [-0.2, 0) is 13.7 Å². The van der Waals surface area contributed by atoms with E-state index in [9.17, 15) is 4.79 Å². The summed E-state index contributed by atoms with van der Waals surface area (Å²) in [5.74, 6) is 1.07. The van der Waals surface area contributed by atoms with Gasteiger partial charge in [0.1, 0.15) is 18.6 Å². The number of halogens is 1. The van der Waals surface area contributed by atoms with Gasteiger partial charge in [0.15, 0.2) is 5.82 Å². The summed E-state index contributed by atoms with van der Waals surface area (Å²) >= 11 is 5.95. The molecule has 2 rings (SSSR count). The molecule has 2 aromatic rings. The summed E-state index contributed by atoms with van der Waals surface area (Å²) in [5, 5.41) is 11.3. The molecule has 0 fully saturated rings. The van der Waals surface area contributed by atoms with Crippen molar-refractivity contribution in [1.82, 2.24) is 20.2 Å². The van der Waals surface area contributed by atoms with Gasteiger partial charge in [-0.1, -0.05) is 11.6 Å². The van der Waals surface area contributed by atoms with E-state index in [1.165, 1.54) is 4.68 Å². The zero-order valence-corrected chi connectivity index (χ0v) is 9.76. The Hall–Kier alpha value is -1.95. The van der Waals surface area contributed by atoms with Gasteiger partial charge in [0, 0.05) is 12.6 Å². The second-order valence-corrected chi connectivity index (χ2v) is 3.72. The van der Waals surface area contributed by atoms with Crippen molar-refractivity contribution in [3.8, 4) is 5.75 Å². The van der Waals surface area contributed by atoms with Crippen LogP contribution in [0.5, 0.6) is 5.75 Å². The molecule has 0 unspecified atom stereocenters. The largest absolute Gasteiger partial charge is 0.484 e. The highest BCUT2D eigenvalue weighted by Crippen LogP contribution is 2.25. The van der Waals surface area contributed by atoms with Crippen molar-refractivity contribution in [2.45, 2.75) is 6.61 Å². The van der Waals surface area contributed by atoms with Crippen LogP contribution in [0.2, 0.25) is 5.02 Å². The van der Waals surface area contributed by atoms with E-state index >= 15 is 0 Å². The van der Waals surface area contributed by atoms with Crippen LogP contribution in [0, 0.1) is 0 Å². The van der Waals surface area contributed by atoms with E-state index in [0.717, 1.165) is 6.29 Å². The summed E-state index contributed by atoms with van der Waals surface area (Å²) < 4.78 is 6.96. The van der Waals surface area contributed by atoms with Crippen molar-refractivity contribution < 1.29 is 9.53 Å². The summed E-state index contributed by atoms with van der Waals surface area (Å²) in [6.07, 6.45) is 0.724. The Kier molecular flexibility index (Phi) is 3.34. The van der Waals surface area contributed by atoms with E-state index in [2.05, 4.69) is 15.5 Å². The number of hydrogen-bond donors (Lipinski definition) is 0. The fraction of sp³-hybridized carbons (Fsp3) is 0.200. The molecule has 88 valence electrons. The van der Waals surface area contributed by atoms with Crippen molar-refractivity contribution in [3.63, 3.8) is 0 Å². The Labute approximate surface area is 102 Å². The van der Waals surface area contributed by atoms with Crippen LogP contribution in [0.15, 0.2) is 18.2 Å². The number of ether oxygens (including phenoxy) is 1. The molecule has 1 heterocycles. The van der Waals surface area contributed by atoms with E-state index in [-0.39, 0.29) is 6.61 Å². The molecule has 0 spiro atoms. The highest BCUT2D eigenvalue weighted by atomic mass is 35.5. The normalized spacial score (nSPS) is 10.2. The lowest BCUT2D eigenvalue weighted by Gasteiger charge is -2.06. The number of nitrogens with zero attached hydrogens (tertiary/aromatic N) is 4. The molecule has 0 radical (unpaired) electrons. The fourth-order valence-electron chi connectivity index (χ4n) is 1.22. The molecule has 1 aromatic carbocycles. The van der Waals surface area contributed by atoms with Gasteiger partial charge in [0.2, 0.25) is 0 Å². The molecule has 0 aliphatic carbocycles. The minimum Gasteiger partial charge on any atom is -0.484 e. The van der Waals surface area contributed by atoms with Gasteiger partial charge in [-0.15, -0.1) is 5.10 Å². The van der Waals surface area contributed by atoms with Gasteiger partial charge in [0.05, 0.1) is 5.02 Å². The number of aldehydes is 1. The standard InChI is InChI=1S/C10H9ClN4O2/c1-15-10(12-13-14-15)6-17-9-3-2-7(5-16)4-8(9)11/h2-5H,6H2,1H3. The molecule has 1 aromatic heterocycles. The highest BCUT2D eigenvalue weighted by Gasteiger charge is 2.06. The first-order chi connectivity index (χ1) is 8.20. The smallest absolute Gasteiger partial charge is 0.188 e. The van der Waals surface area contributed by atoms with Crippen LogP contribution in [-0.4, -0.2) is 26.5 Å². The lowest BCUT2D eigenvalue weighted by molar-refractivity contribution is 0.112. The molecule has 0 aliphatic heterocycles. The number of rotatable bonds is 4. The first-order valence-electron chi connectivity index (χ1n) is 4.79. The average molecular weight is 253 g/mol. The number of aryl methyl sites for hydroxylation is 1. The summed E-state index contributed by atoms with van der Waals surface area (Å²) in [6, 6.07) is 4.80. The van der Waals surface area contributed by atoms with Crippen LogP contribution in [0.25, 0.3) is 0 Å². The Bertz CT molecular complexity index is 541. The Morgan fingerprint density at radius 2 is 2.35 bits per heavy atom. The number of aromatic nitrogens is 4. The summed E-state index contributed by atoms with van der Waals surface area (Å²) in [7, 11) is 1.72. The van der Waals surface area contributed by atoms with Crippen LogP contribution in [0.4, 0.5) is 0 Å². The van der Waals surface area contributed by atoms with Gasteiger partial charge in [-0.05, 0) is 28.6 Å². The van der Waals surface area contributed by atoms with Gasteiger partial charge in [-0.3, -0.25) is 4.79 Å². The lowest BCUT2D eigenvalue weighted by Crippen LogP contribution is -2.04. The third-order valence-corrected chi connectivity index (χ3v) is 2.45. The summed E-state index contributed by atoms with van der Waals surface area (Å²) in [5.41, 5.74) is 0.502. The zero-order valence-electron chi connectivity index (χ0n) is 9.00. The maximum absolute atomic E-state index is 10.5. The molecule has 0 saturated carbocycles. The summed E-state index contributed by atoms with van der Waals surface area (Å²) in [6.45, 7) is 0.212. The molecule has 0 aliphatic rings. The SMILES string of the molecule is Cn1nnnc1COc1ccc(C=O)cc1Cl. The molecule has 7 heteroatoms. The van der Waals surface area contributed by atoms with Gasteiger partial charge in [-0.25, -0.2) is 4.68 Å². The van der Waals surface area contributed by atoms with Crippen LogP contribution >= 0.6 is 11.6 Å². The van der Waals surface area contributed by atoms with Crippen molar-refractivity contribution >= 4 is 17.9 Å². The maximum atomic E-state index is 10.5. The zero-order chi connectivity index (χ0) is 12.3. The van der Waals surface area contributed by atoms with E-state index < -0.39 is 0 Å². The monoisotopic (exact) mass is 252 g/mol. The Morgan fingerprint density at radius 3 is 2.94 bits per heavy atom. The number of carbonyl (C=O) groups excluding carboxylic acids is 1. The number of carbonyl (C=O) groups is 1. The third kappa shape index (κ3) is 2.59. The van der Waals surface area contributed by atoms with E-state index in [0.29, 0.717) is 22.2 Å². The Morgan fingerprint density at radius 1 is 1.53 bits per heavy atom. The summed E-state index contributed by atoms with van der Waals surface area (Å²) in [4.78, 5) is 10.5. The van der Waals surface area contributed by atoms with Crippen LogP contribution in [0.3, 0.4) is 0 Å². The van der Waals surface area contributed by atoms with Gasteiger partial charge in [-0.2, -0.15) is 0 Å². The van der Waals surface area contributed by atoms with Crippen molar-refractivity contribution in [2.75, 3.05) is 0 Å². The Balaban J connectivity index is 2.09. The minimum absolute atomic E-state index is 0.212. The molecule has 17 heavy (non-hydrogen) atoms. The van der Waals surface area contributed by atoms with Gasteiger partial charge < -0.3 is 4.74 Å². The van der Waals surface area contributed by atoms with E-state index in [4.69, 9.17) is 16.3 Å². The van der Waals surface area contributed by atoms with Crippen molar-refractivity contribution in [1.29, 1.82) is 0 Å². The van der Waals surface area contributed by atoms with E-state index in [1.807, 2.05) is 0 Å². The van der Waals surface area contributed by atoms with Gasteiger partial charge in [0.25, 0.3) is 0 Å². The van der Waals surface area contributed by atoms with E-state index in [1.54, 1.807) is 25.2 Å². The van der Waals surface area contributed by atoms with Crippen LogP contribution in [0.1, 0.15) is 16.2 Å². The predicted octanol–water partition coefficient (Wildman–Crippen LogP) is 1.25. The predicted molar refractivity (Wildman–Crippen MR) is 60.0 cm³/mol. The molecular weight excluding hydrogens is 244 g/mol. The van der Waals surface area contributed by atoms with Crippen LogP contribution < -0.4 is 4.74 Å². The minimum atomic E-state index is 0.212. The molecular formula is C10H9ClN4O2. The quantitative estimate of drug-likeness (QED) is 0.766. The van der Waals surface area contributed by atoms with Crippen molar-refractivity contribution in [3.05, 3.63) is 34.6 Å². The number of benzene rings is 1. The highest BCUT2D eigenvalue weighted by molar-refractivity contribution is 6.32. The maximum Gasteiger partial charge on any atom is 0.188 e. The van der Waals surface area contributed by atoms with Crippen molar-refractivity contribution in [2.24, 2.45) is 7.05 Å². The third-order valence-electron chi connectivity index (χ3n) is 2.16. The second-order valence-electron chi connectivity index (χ2n) is 3.32. The molecule has 0 N–H and O–H groups in total. The fourth-order valence-corrected chi connectivity index (χ4v) is 1.46.